The molecule has 0 radical (unpaired) electrons. The van der Waals surface area contributed by atoms with Crippen LogP contribution in [0.5, 0.6) is 5.75 Å². The van der Waals surface area contributed by atoms with Crippen molar-refractivity contribution in [3.05, 3.63) is 102 Å². The highest BCUT2D eigenvalue weighted by Gasteiger charge is 2.32. The summed E-state index contributed by atoms with van der Waals surface area (Å²) in [5.74, 6) is 0.539. The standard InChI is InChI=1S/C23H19N5O2/c1-30-19-9-7-17(8-10-19)22(18-5-2-4-16(14-18)15-24)28-13-11-21(29)26-23(28)20-6-3-12-25-27-20/h2-14,22-23H,1H3,(H,26,29)/t22-,23?/m0/s1. The van der Waals surface area contributed by atoms with Gasteiger partial charge in [0.05, 0.1) is 24.8 Å². The molecule has 7 nitrogen and oxygen atoms in total. The number of amides is 1. The molecule has 0 fully saturated rings. The molecule has 0 aliphatic carbocycles. The molecule has 0 spiro atoms. The number of aromatic nitrogens is 2. The lowest BCUT2D eigenvalue weighted by molar-refractivity contribution is -0.119. The van der Waals surface area contributed by atoms with E-state index in [4.69, 9.17) is 4.74 Å². The van der Waals surface area contributed by atoms with Gasteiger partial charge >= 0.3 is 0 Å². The van der Waals surface area contributed by atoms with Crippen LogP contribution >= 0.6 is 0 Å². The molecule has 1 unspecified atom stereocenters. The second-order valence-electron chi connectivity index (χ2n) is 6.74. The molecule has 4 rings (SSSR count). The van der Waals surface area contributed by atoms with Crippen LogP contribution in [0.3, 0.4) is 0 Å². The Morgan fingerprint density at radius 1 is 1.13 bits per heavy atom. The first-order valence-corrected chi connectivity index (χ1v) is 9.37. The number of benzene rings is 2. The number of carbonyl (C=O) groups excluding carboxylic acids is 1. The summed E-state index contributed by atoms with van der Waals surface area (Å²) < 4.78 is 5.30. The van der Waals surface area contributed by atoms with Crippen molar-refractivity contribution in [1.82, 2.24) is 20.4 Å². The van der Waals surface area contributed by atoms with Crippen molar-refractivity contribution in [3.8, 4) is 11.8 Å². The summed E-state index contributed by atoms with van der Waals surface area (Å²) in [5, 5.41) is 20.5. The van der Waals surface area contributed by atoms with Crippen LogP contribution in [-0.4, -0.2) is 28.1 Å². The van der Waals surface area contributed by atoms with Crippen LogP contribution in [0.4, 0.5) is 0 Å². The van der Waals surface area contributed by atoms with Gasteiger partial charge in [0.1, 0.15) is 17.6 Å². The third kappa shape index (κ3) is 3.84. The number of rotatable bonds is 5. The van der Waals surface area contributed by atoms with Gasteiger partial charge in [0.2, 0.25) is 5.91 Å². The van der Waals surface area contributed by atoms with E-state index in [-0.39, 0.29) is 11.9 Å². The molecular weight excluding hydrogens is 378 g/mol. The molecule has 7 heteroatoms. The van der Waals surface area contributed by atoms with Gasteiger partial charge < -0.3 is 15.0 Å². The van der Waals surface area contributed by atoms with Crippen LogP contribution in [0, 0.1) is 11.3 Å². The Bertz CT molecular complexity index is 1110. The van der Waals surface area contributed by atoms with E-state index in [9.17, 15) is 10.1 Å². The Morgan fingerprint density at radius 2 is 1.97 bits per heavy atom. The number of hydrogen-bond acceptors (Lipinski definition) is 6. The number of ether oxygens (including phenoxy) is 1. The molecule has 1 amide bonds. The summed E-state index contributed by atoms with van der Waals surface area (Å²) in [6, 6.07) is 20.7. The summed E-state index contributed by atoms with van der Waals surface area (Å²) in [4.78, 5) is 14.1. The molecule has 1 aromatic heterocycles. The number of nitrogens with one attached hydrogen (secondary N) is 1. The highest BCUT2D eigenvalue weighted by Crippen LogP contribution is 2.36. The zero-order valence-electron chi connectivity index (χ0n) is 16.3. The minimum absolute atomic E-state index is 0.207. The molecule has 30 heavy (non-hydrogen) atoms. The summed E-state index contributed by atoms with van der Waals surface area (Å²) in [7, 11) is 1.62. The average molecular weight is 397 g/mol. The predicted molar refractivity (Wildman–Crippen MR) is 110 cm³/mol. The smallest absolute Gasteiger partial charge is 0.247 e. The van der Waals surface area contributed by atoms with Crippen molar-refractivity contribution >= 4 is 5.91 Å². The monoisotopic (exact) mass is 397 g/mol. The van der Waals surface area contributed by atoms with E-state index in [1.54, 1.807) is 31.6 Å². The number of nitrogens with zero attached hydrogens (tertiary/aromatic N) is 4. The summed E-state index contributed by atoms with van der Waals surface area (Å²) >= 11 is 0. The zero-order chi connectivity index (χ0) is 20.9. The van der Waals surface area contributed by atoms with E-state index >= 15 is 0 Å². The van der Waals surface area contributed by atoms with Gasteiger partial charge in [-0.25, -0.2) is 0 Å². The molecule has 148 valence electrons. The lowest BCUT2D eigenvalue weighted by Gasteiger charge is -2.39. The topological polar surface area (TPSA) is 91.1 Å². The van der Waals surface area contributed by atoms with Crippen molar-refractivity contribution in [2.45, 2.75) is 12.2 Å². The van der Waals surface area contributed by atoms with Crippen LogP contribution in [0.2, 0.25) is 0 Å². The van der Waals surface area contributed by atoms with Crippen LogP contribution < -0.4 is 10.1 Å². The van der Waals surface area contributed by atoms with E-state index in [0.717, 1.165) is 16.9 Å². The Hall–Kier alpha value is -4.18. The number of methoxy groups -OCH3 is 1. The van der Waals surface area contributed by atoms with Crippen molar-refractivity contribution in [1.29, 1.82) is 5.26 Å². The number of hydrogen-bond donors (Lipinski definition) is 1. The molecule has 2 atom stereocenters. The second kappa shape index (κ2) is 8.45. The molecule has 0 bridgehead atoms. The van der Waals surface area contributed by atoms with Crippen molar-refractivity contribution in [3.63, 3.8) is 0 Å². The molecule has 0 saturated carbocycles. The van der Waals surface area contributed by atoms with E-state index in [1.807, 2.05) is 53.4 Å². The van der Waals surface area contributed by atoms with E-state index < -0.39 is 6.17 Å². The fraction of sp³-hybridized carbons (Fsp3) is 0.130. The maximum Gasteiger partial charge on any atom is 0.247 e. The average Bonchev–Trinajstić information content (AvgIpc) is 2.81. The minimum Gasteiger partial charge on any atom is -0.497 e. The second-order valence-corrected chi connectivity index (χ2v) is 6.74. The third-order valence-corrected chi connectivity index (χ3v) is 4.91. The molecule has 1 N–H and O–H groups in total. The number of carbonyl (C=O) groups is 1. The Balaban J connectivity index is 1.85. The minimum atomic E-state index is -0.519. The first kappa shape index (κ1) is 19.2. The summed E-state index contributed by atoms with van der Waals surface area (Å²) in [6.07, 6.45) is 4.31. The van der Waals surface area contributed by atoms with Gasteiger partial charge in [0.25, 0.3) is 0 Å². The third-order valence-electron chi connectivity index (χ3n) is 4.91. The fourth-order valence-electron chi connectivity index (χ4n) is 3.52. The van der Waals surface area contributed by atoms with Crippen LogP contribution in [-0.2, 0) is 4.79 Å². The maximum atomic E-state index is 12.1. The highest BCUT2D eigenvalue weighted by molar-refractivity contribution is 5.88. The van der Waals surface area contributed by atoms with Gasteiger partial charge in [-0.3, -0.25) is 4.79 Å². The zero-order valence-corrected chi connectivity index (χ0v) is 16.3. The molecule has 1 aliphatic heterocycles. The predicted octanol–water partition coefficient (Wildman–Crippen LogP) is 3.09. The van der Waals surface area contributed by atoms with Gasteiger partial charge in [0.15, 0.2) is 0 Å². The summed E-state index contributed by atoms with van der Waals surface area (Å²) in [5.41, 5.74) is 3.06. The van der Waals surface area contributed by atoms with E-state index in [2.05, 4.69) is 21.6 Å². The molecule has 2 aromatic carbocycles. The van der Waals surface area contributed by atoms with Crippen LogP contribution in [0.25, 0.3) is 0 Å². The Morgan fingerprint density at radius 3 is 2.67 bits per heavy atom. The van der Waals surface area contributed by atoms with Gasteiger partial charge in [-0.05, 0) is 47.5 Å². The van der Waals surface area contributed by atoms with Crippen LogP contribution in [0.1, 0.15) is 34.6 Å². The summed E-state index contributed by atoms with van der Waals surface area (Å²) in [6.45, 7) is 0. The molecular formula is C23H19N5O2. The first-order valence-electron chi connectivity index (χ1n) is 9.37. The van der Waals surface area contributed by atoms with Crippen LogP contribution in [0.15, 0.2) is 79.1 Å². The van der Waals surface area contributed by atoms with E-state index in [0.29, 0.717) is 11.3 Å². The lowest BCUT2D eigenvalue weighted by Crippen LogP contribution is -2.44. The van der Waals surface area contributed by atoms with Gasteiger partial charge in [-0.2, -0.15) is 15.5 Å². The lowest BCUT2D eigenvalue weighted by atomic mass is 9.94. The SMILES string of the molecule is COc1ccc([C@@H](c2cccc(C#N)c2)N2C=CC(=O)NC2c2cccnn2)cc1. The molecule has 0 saturated heterocycles. The van der Waals surface area contributed by atoms with Gasteiger partial charge in [0, 0.05) is 18.5 Å². The highest BCUT2D eigenvalue weighted by atomic mass is 16.5. The quantitative estimate of drug-likeness (QED) is 0.711. The van der Waals surface area contributed by atoms with E-state index in [1.165, 1.54) is 6.08 Å². The largest absolute Gasteiger partial charge is 0.497 e. The molecule has 2 heterocycles. The maximum absolute atomic E-state index is 12.1. The normalized spacial score (nSPS) is 16.5. The van der Waals surface area contributed by atoms with Gasteiger partial charge in [-0.15, -0.1) is 0 Å². The molecule has 3 aromatic rings. The fourth-order valence-corrected chi connectivity index (χ4v) is 3.52. The first-order chi connectivity index (χ1) is 14.7. The van der Waals surface area contributed by atoms with Crippen molar-refractivity contribution in [2.75, 3.05) is 7.11 Å². The number of nitriles is 1. The Labute approximate surface area is 174 Å². The Kier molecular flexibility index (Phi) is 5.39. The van der Waals surface area contributed by atoms with Crippen molar-refractivity contribution in [2.24, 2.45) is 0 Å². The van der Waals surface area contributed by atoms with Gasteiger partial charge in [-0.1, -0.05) is 24.3 Å². The van der Waals surface area contributed by atoms with Crippen molar-refractivity contribution < 1.29 is 9.53 Å². The molecule has 1 aliphatic rings.